The number of methoxy groups -OCH3 is 1. The Kier molecular flexibility index (Phi) is 11.3. The number of rotatable bonds is 11. The first kappa shape index (κ1) is 39.6. The van der Waals surface area contributed by atoms with Gasteiger partial charge < -0.3 is 29.8 Å². The summed E-state index contributed by atoms with van der Waals surface area (Å²) in [5, 5.41) is 4.94. The van der Waals surface area contributed by atoms with Crippen LogP contribution in [0.5, 0.6) is 0 Å². The molecule has 0 saturated carbocycles. The Labute approximate surface area is 345 Å². The van der Waals surface area contributed by atoms with Crippen LogP contribution in [-0.2, 0) is 14.3 Å². The highest BCUT2D eigenvalue weighted by Crippen LogP contribution is 2.37. The van der Waals surface area contributed by atoms with Crippen molar-refractivity contribution in [3.05, 3.63) is 121 Å². The van der Waals surface area contributed by atoms with Gasteiger partial charge in [-0.15, -0.1) is 0 Å². The molecule has 2 aromatic heterocycles. The summed E-state index contributed by atoms with van der Waals surface area (Å²) in [4.78, 5) is 61.9. The van der Waals surface area contributed by atoms with Gasteiger partial charge in [0.05, 0.1) is 43.0 Å². The Balaban J connectivity index is 0.944. The van der Waals surface area contributed by atoms with E-state index < -0.39 is 12.1 Å². The molecule has 4 aromatic carbocycles. The molecule has 59 heavy (non-hydrogen) atoms. The van der Waals surface area contributed by atoms with Gasteiger partial charge in [0, 0.05) is 18.7 Å². The van der Waals surface area contributed by atoms with Gasteiger partial charge in [-0.3, -0.25) is 14.5 Å². The van der Waals surface area contributed by atoms with Crippen LogP contribution in [0.25, 0.3) is 44.4 Å². The number of carbonyl (C=O) groups is 3. The van der Waals surface area contributed by atoms with Crippen molar-refractivity contribution in [2.24, 2.45) is 5.92 Å². The second-order valence-electron chi connectivity index (χ2n) is 16.2. The summed E-state index contributed by atoms with van der Waals surface area (Å²) >= 11 is 0. The van der Waals surface area contributed by atoms with E-state index in [1.54, 1.807) is 0 Å². The number of aromatic amines is 2. The van der Waals surface area contributed by atoms with Crippen LogP contribution < -0.4 is 5.32 Å². The van der Waals surface area contributed by atoms with Crippen molar-refractivity contribution in [3.8, 4) is 33.6 Å². The fraction of sp³-hybridized carbons (Fsp3) is 0.340. The predicted molar refractivity (Wildman–Crippen MR) is 229 cm³/mol. The first-order valence-electron chi connectivity index (χ1n) is 20.5. The van der Waals surface area contributed by atoms with E-state index in [9.17, 15) is 14.4 Å². The number of carbonyl (C=O) groups excluding carboxylic acids is 3. The van der Waals surface area contributed by atoms with Crippen molar-refractivity contribution in [1.29, 1.82) is 0 Å². The van der Waals surface area contributed by atoms with E-state index in [2.05, 4.69) is 75.9 Å². The zero-order valence-corrected chi connectivity index (χ0v) is 34.3. The second kappa shape index (κ2) is 16.9. The van der Waals surface area contributed by atoms with E-state index in [-0.39, 0.29) is 35.9 Å². The van der Waals surface area contributed by atoms with Crippen LogP contribution in [0.1, 0.15) is 74.9 Å². The lowest BCUT2D eigenvalue weighted by Gasteiger charge is -2.31. The lowest BCUT2D eigenvalue weighted by Crippen LogP contribution is -2.51. The van der Waals surface area contributed by atoms with Crippen molar-refractivity contribution < 1.29 is 19.1 Å². The number of imidazole rings is 2. The number of likely N-dealkylation sites (N-methyl/N-ethyl adjacent to an activating group) is 1. The molecule has 12 nitrogen and oxygen atoms in total. The Morgan fingerprint density at radius 3 is 1.81 bits per heavy atom. The minimum absolute atomic E-state index is 0.0932. The van der Waals surface area contributed by atoms with Crippen LogP contribution in [0.15, 0.2) is 103 Å². The molecular weight excluding hydrogens is 741 g/mol. The minimum atomic E-state index is -0.680. The Hall–Kier alpha value is -6.27. The molecular formula is C47H52N8O4. The number of fused-ring (bicyclic) bond motifs is 1. The van der Waals surface area contributed by atoms with Crippen LogP contribution in [0.3, 0.4) is 0 Å². The zero-order valence-electron chi connectivity index (χ0n) is 34.3. The maximum atomic E-state index is 13.9. The Morgan fingerprint density at radius 2 is 1.24 bits per heavy atom. The van der Waals surface area contributed by atoms with Crippen LogP contribution in [-0.4, -0.2) is 92.9 Å². The summed E-state index contributed by atoms with van der Waals surface area (Å²) in [5.41, 5.74) is 7.07. The summed E-state index contributed by atoms with van der Waals surface area (Å²) in [6.45, 7) is 5.14. The number of hydrogen-bond acceptors (Lipinski definition) is 7. The number of H-pyrrole nitrogens is 2. The molecule has 2 aliphatic heterocycles. The molecule has 0 spiro atoms. The first-order chi connectivity index (χ1) is 28.6. The Bertz CT molecular complexity index is 2440. The number of hydrogen-bond donors (Lipinski definition) is 3. The molecule has 3 N–H and O–H groups in total. The number of nitrogens with one attached hydrogen (secondary N) is 3. The number of aromatic nitrogens is 4. The van der Waals surface area contributed by atoms with Crippen LogP contribution in [0.4, 0.5) is 4.79 Å². The lowest BCUT2D eigenvalue weighted by molar-refractivity contribution is -0.137. The number of amides is 3. The standard InChI is InChI=1S/C47H52N8O4/c1-29(2)41(52-47(58)59-5)45(56)54-23-9-13-39(54)43-49-28-38(51-43)36-22-21-34-25-33(19-20-35(34)26-36)30-15-17-31(18-16-30)37-27-48-44(50-37)40-14-10-24-55(40)46(57)42(53(3)4)32-11-7-6-8-12-32/h6-8,11-12,15-22,25-29,39-42H,9-10,13-14,23-24H2,1-5H3,(H,48,50)(H,49,51)(H,52,58)/t39-,40-,41?,42?/m0/s1. The second-order valence-corrected chi connectivity index (χ2v) is 16.2. The highest BCUT2D eigenvalue weighted by atomic mass is 16.5. The van der Waals surface area contributed by atoms with E-state index >= 15 is 0 Å². The maximum Gasteiger partial charge on any atom is 0.407 e. The third-order valence-corrected chi connectivity index (χ3v) is 11.8. The van der Waals surface area contributed by atoms with Crippen molar-refractivity contribution in [1.82, 2.24) is 40.0 Å². The molecule has 2 aliphatic rings. The van der Waals surface area contributed by atoms with Crippen LogP contribution in [0, 0.1) is 5.92 Å². The summed E-state index contributed by atoms with van der Waals surface area (Å²) in [6, 6.07) is 30.0. The van der Waals surface area contributed by atoms with Crippen molar-refractivity contribution in [2.75, 3.05) is 34.3 Å². The smallest absolute Gasteiger partial charge is 0.407 e. The monoisotopic (exact) mass is 792 g/mol. The Morgan fingerprint density at radius 1 is 0.712 bits per heavy atom. The number of nitrogens with zero attached hydrogens (tertiary/aromatic N) is 5. The van der Waals surface area contributed by atoms with Crippen molar-refractivity contribution in [2.45, 2.75) is 63.7 Å². The lowest BCUT2D eigenvalue weighted by atomic mass is 9.98. The van der Waals surface area contributed by atoms with Crippen molar-refractivity contribution in [3.63, 3.8) is 0 Å². The first-order valence-corrected chi connectivity index (χ1v) is 20.5. The van der Waals surface area contributed by atoms with Gasteiger partial charge in [0.25, 0.3) is 0 Å². The fourth-order valence-electron chi connectivity index (χ4n) is 8.70. The van der Waals surface area contributed by atoms with Gasteiger partial charge in [-0.25, -0.2) is 14.8 Å². The van der Waals surface area contributed by atoms with Gasteiger partial charge in [-0.1, -0.05) is 92.7 Å². The van der Waals surface area contributed by atoms with Gasteiger partial charge in [0.2, 0.25) is 11.8 Å². The third-order valence-electron chi connectivity index (χ3n) is 11.8. The molecule has 0 bridgehead atoms. The van der Waals surface area contributed by atoms with Crippen LogP contribution >= 0.6 is 0 Å². The molecule has 3 amide bonds. The van der Waals surface area contributed by atoms with Gasteiger partial charge in [-0.05, 0) is 90.9 Å². The van der Waals surface area contributed by atoms with E-state index in [0.717, 1.165) is 87.3 Å². The molecule has 2 fully saturated rings. The highest BCUT2D eigenvalue weighted by Gasteiger charge is 2.38. The summed E-state index contributed by atoms with van der Waals surface area (Å²) < 4.78 is 4.77. The molecule has 0 radical (unpaired) electrons. The van der Waals surface area contributed by atoms with Gasteiger partial charge in [0.1, 0.15) is 23.7 Å². The largest absolute Gasteiger partial charge is 0.453 e. The minimum Gasteiger partial charge on any atom is -0.453 e. The number of ether oxygens (including phenoxy) is 1. The van der Waals surface area contributed by atoms with Gasteiger partial charge in [-0.2, -0.15) is 0 Å². The SMILES string of the molecule is COC(=O)NC(C(=O)N1CCC[C@H]1c1ncc(-c2ccc3cc(-c4ccc(-c5cnc([C@@H]6CCCN6C(=O)C(c6ccccc6)N(C)C)[nH]5)cc4)ccc3c2)[nH]1)C(C)C. The van der Waals surface area contributed by atoms with Gasteiger partial charge in [0.15, 0.2) is 0 Å². The third kappa shape index (κ3) is 8.09. The van der Waals surface area contributed by atoms with Crippen LogP contribution in [0.2, 0.25) is 0 Å². The molecule has 304 valence electrons. The molecule has 2 saturated heterocycles. The summed E-state index contributed by atoms with van der Waals surface area (Å²) in [7, 11) is 5.21. The average Bonchev–Trinajstić information content (AvgIpc) is 4.09. The molecule has 8 rings (SSSR count). The molecule has 2 unspecified atom stereocenters. The van der Waals surface area contributed by atoms with E-state index in [1.807, 2.05) is 85.4 Å². The average molecular weight is 793 g/mol. The predicted octanol–water partition coefficient (Wildman–Crippen LogP) is 8.30. The van der Waals surface area contributed by atoms with E-state index in [4.69, 9.17) is 14.7 Å². The van der Waals surface area contributed by atoms with E-state index in [1.165, 1.54) is 7.11 Å². The number of likely N-dealkylation sites (tertiary alicyclic amines) is 2. The molecule has 0 aliphatic carbocycles. The van der Waals surface area contributed by atoms with Crippen molar-refractivity contribution >= 4 is 28.7 Å². The highest BCUT2D eigenvalue weighted by molar-refractivity contribution is 5.91. The maximum absolute atomic E-state index is 13.9. The molecule has 12 heteroatoms. The number of benzene rings is 4. The van der Waals surface area contributed by atoms with E-state index in [0.29, 0.717) is 13.1 Å². The normalized spacial score (nSPS) is 17.8. The molecule has 4 heterocycles. The topological polar surface area (TPSA) is 140 Å². The quantitative estimate of drug-likeness (QED) is 0.120. The summed E-state index contributed by atoms with van der Waals surface area (Å²) in [6.07, 6.45) is 6.55. The summed E-state index contributed by atoms with van der Waals surface area (Å²) in [5.74, 6) is 1.43. The molecule has 6 aromatic rings. The number of alkyl carbamates (subject to hydrolysis) is 1. The van der Waals surface area contributed by atoms with Gasteiger partial charge >= 0.3 is 6.09 Å². The fourth-order valence-corrected chi connectivity index (χ4v) is 8.70. The molecule has 4 atom stereocenters. The zero-order chi connectivity index (χ0) is 41.2.